The maximum absolute atomic E-state index is 12.9. The first kappa shape index (κ1) is 9.92. The number of likely N-dealkylation sites (N-methyl/N-ethyl adjacent to an activating group) is 1. The minimum Gasteiger partial charge on any atom is -0.390 e. The average molecular weight is 158 g/mol. The second-order valence-corrected chi connectivity index (χ2v) is 2.11. The Balaban J connectivity index is 4.28. The zero-order valence-corrected chi connectivity index (χ0v) is 6.81. The Morgan fingerprint density at radius 1 is 1.73 bits per heavy atom. The van der Waals surface area contributed by atoms with E-state index in [2.05, 4.69) is 10.1 Å². The minimum absolute atomic E-state index is 0.00866. The number of hydrogen-bond acceptors (Lipinski definition) is 3. The van der Waals surface area contributed by atoms with Crippen molar-refractivity contribution >= 4 is 0 Å². The van der Waals surface area contributed by atoms with Gasteiger partial charge in [-0.05, 0) is 20.9 Å². The zero-order chi connectivity index (χ0) is 8.85. The first-order valence-corrected chi connectivity index (χ1v) is 3.23. The number of hydrogen-bond donors (Lipinski definition) is 1. The van der Waals surface area contributed by atoms with Gasteiger partial charge in [0.1, 0.15) is 5.76 Å². The molecule has 0 aliphatic heterocycles. The highest BCUT2D eigenvalue weighted by Gasteiger charge is 2.09. The Labute approximate surface area is 65.5 Å². The third-order valence-electron chi connectivity index (χ3n) is 1.35. The summed E-state index contributed by atoms with van der Waals surface area (Å²) >= 11 is 0. The molecule has 0 bridgehead atoms. The van der Waals surface area contributed by atoms with E-state index in [1.54, 1.807) is 14.0 Å². The molecule has 0 aromatic heterocycles. The van der Waals surface area contributed by atoms with Gasteiger partial charge in [-0.25, -0.2) is 4.39 Å². The molecule has 0 spiro atoms. The molecule has 0 aromatic rings. The number of nitrogens with zero attached hydrogens (tertiary/aromatic N) is 1. The summed E-state index contributed by atoms with van der Waals surface area (Å²) in [5.41, 5.74) is 0. The monoisotopic (exact) mass is 158 g/mol. The second kappa shape index (κ2) is 4.69. The van der Waals surface area contributed by atoms with E-state index in [-0.39, 0.29) is 5.76 Å². The molecule has 62 valence electrons. The highest BCUT2D eigenvalue weighted by Crippen LogP contribution is 2.10. The lowest BCUT2D eigenvalue weighted by Crippen LogP contribution is -2.22. The molecule has 0 rings (SSSR count). The van der Waals surface area contributed by atoms with Crippen LogP contribution in [0.4, 0.5) is 4.39 Å². The molecule has 0 aliphatic rings. The van der Waals surface area contributed by atoms with Crippen LogP contribution < -0.4 is 5.32 Å². The lowest BCUT2D eigenvalue weighted by Gasteiger charge is -2.08. The van der Waals surface area contributed by atoms with Gasteiger partial charge in [0.05, 0.1) is 6.04 Å². The van der Waals surface area contributed by atoms with Gasteiger partial charge in [0.2, 0.25) is 0 Å². The molecule has 0 saturated carbocycles. The largest absolute Gasteiger partial charge is 0.390 e. The topological polar surface area (TPSA) is 45.0 Å². The maximum Gasteiger partial charge on any atom is 0.291 e. The third kappa shape index (κ3) is 3.01. The Morgan fingerprint density at radius 2 is 2.27 bits per heavy atom. The molecule has 4 heteroatoms. The molecule has 0 saturated heterocycles. The summed E-state index contributed by atoms with van der Waals surface area (Å²) in [5.74, 6) is -0.441. The van der Waals surface area contributed by atoms with E-state index >= 15 is 0 Å². The Kier molecular flexibility index (Phi) is 4.23. The van der Waals surface area contributed by atoms with E-state index in [1.165, 1.54) is 13.2 Å². The van der Waals surface area contributed by atoms with Gasteiger partial charge in [0.15, 0.2) is 5.83 Å². The van der Waals surface area contributed by atoms with E-state index in [0.29, 0.717) is 0 Å². The normalized spacial score (nSPS) is 14.8. The molecule has 0 radical (unpaired) electrons. The molecule has 0 heterocycles. The SMILES string of the molecule is CNC(C)/C(F)=C(/C)OC#N. The van der Waals surface area contributed by atoms with Crippen molar-refractivity contribution in [2.45, 2.75) is 19.9 Å². The van der Waals surface area contributed by atoms with E-state index in [9.17, 15) is 4.39 Å². The number of rotatable bonds is 3. The predicted molar refractivity (Wildman–Crippen MR) is 39.0 cm³/mol. The number of allylic oxidation sites excluding steroid dienone is 1. The smallest absolute Gasteiger partial charge is 0.291 e. The van der Waals surface area contributed by atoms with Gasteiger partial charge in [-0.3, -0.25) is 0 Å². The fraction of sp³-hybridized carbons (Fsp3) is 0.571. The van der Waals surface area contributed by atoms with Crippen LogP contribution in [0.2, 0.25) is 0 Å². The molecule has 11 heavy (non-hydrogen) atoms. The van der Waals surface area contributed by atoms with Crippen molar-refractivity contribution in [2.24, 2.45) is 0 Å². The summed E-state index contributed by atoms with van der Waals surface area (Å²) in [6.07, 6.45) is 1.40. The summed E-state index contributed by atoms with van der Waals surface area (Å²) in [4.78, 5) is 0. The Bertz CT molecular complexity index is 195. The van der Waals surface area contributed by atoms with E-state index in [1.807, 2.05) is 0 Å². The van der Waals surface area contributed by atoms with Crippen LogP contribution in [0.25, 0.3) is 0 Å². The first-order valence-electron chi connectivity index (χ1n) is 3.23. The van der Waals surface area contributed by atoms with Crippen LogP contribution in [0.1, 0.15) is 13.8 Å². The number of nitriles is 1. The van der Waals surface area contributed by atoms with Crippen molar-refractivity contribution in [3.63, 3.8) is 0 Å². The van der Waals surface area contributed by atoms with Crippen molar-refractivity contribution in [2.75, 3.05) is 7.05 Å². The highest BCUT2D eigenvalue weighted by molar-refractivity contribution is 5.05. The van der Waals surface area contributed by atoms with Crippen LogP contribution in [0.15, 0.2) is 11.6 Å². The molecule has 1 unspecified atom stereocenters. The van der Waals surface area contributed by atoms with Crippen LogP contribution in [0.3, 0.4) is 0 Å². The molecule has 0 aromatic carbocycles. The summed E-state index contributed by atoms with van der Waals surface area (Å²) in [7, 11) is 1.63. The van der Waals surface area contributed by atoms with Crippen LogP contribution in [0, 0.1) is 11.5 Å². The Hall–Kier alpha value is -1.08. The van der Waals surface area contributed by atoms with E-state index in [0.717, 1.165) is 0 Å². The summed E-state index contributed by atoms with van der Waals surface area (Å²) in [5, 5.41) is 10.7. The van der Waals surface area contributed by atoms with Crippen LogP contribution in [-0.4, -0.2) is 13.1 Å². The molecule has 0 fully saturated rings. The minimum atomic E-state index is -0.450. The lowest BCUT2D eigenvalue weighted by atomic mass is 10.3. The summed E-state index contributed by atoms with van der Waals surface area (Å²) < 4.78 is 17.2. The average Bonchev–Trinajstić information content (AvgIpc) is 2.02. The number of nitrogens with one attached hydrogen (secondary N) is 1. The van der Waals surface area contributed by atoms with Gasteiger partial charge in [0.25, 0.3) is 6.26 Å². The lowest BCUT2D eigenvalue weighted by molar-refractivity contribution is 0.338. The van der Waals surface area contributed by atoms with Crippen LogP contribution >= 0.6 is 0 Å². The summed E-state index contributed by atoms with van der Waals surface area (Å²) in [6, 6.07) is -0.414. The van der Waals surface area contributed by atoms with Crippen LogP contribution in [-0.2, 0) is 4.74 Å². The molecular formula is C7H11FN2O. The fourth-order valence-electron chi connectivity index (χ4n) is 0.549. The molecule has 3 nitrogen and oxygen atoms in total. The van der Waals surface area contributed by atoms with Gasteiger partial charge < -0.3 is 10.1 Å². The van der Waals surface area contributed by atoms with Crippen molar-refractivity contribution in [1.82, 2.24) is 5.32 Å². The van der Waals surface area contributed by atoms with Gasteiger partial charge in [-0.15, -0.1) is 5.26 Å². The summed E-state index contributed by atoms with van der Waals surface area (Å²) in [6.45, 7) is 3.05. The number of halogens is 1. The third-order valence-corrected chi connectivity index (χ3v) is 1.35. The van der Waals surface area contributed by atoms with Gasteiger partial charge in [0, 0.05) is 0 Å². The molecule has 0 aliphatic carbocycles. The maximum atomic E-state index is 12.9. The van der Waals surface area contributed by atoms with Gasteiger partial charge >= 0.3 is 0 Å². The molecule has 1 atom stereocenters. The standard InChI is InChI=1S/C7H11FN2O/c1-5(10-3)7(8)6(2)11-4-9/h5,10H,1-3H3/b7-6+. The van der Waals surface area contributed by atoms with Crippen LogP contribution in [0.5, 0.6) is 0 Å². The second-order valence-electron chi connectivity index (χ2n) is 2.11. The van der Waals surface area contributed by atoms with Gasteiger partial charge in [-0.1, -0.05) is 0 Å². The molecular weight excluding hydrogens is 147 g/mol. The quantitative estimate of drug-likeness (QED) is 0.497. The van der Waals surface area contributed by atoms with E-state index in [4.69, 9.17) is 5.26 Å². The first-order chi connectivity index (χ1) is 5.13. The fourth-order valence-corrected chi connectivity index (χ4v) is 0.549. The van der Waals surface area contributed by atoms with Crippen molar-refractivity contribution in [3.8, 4) is 6.26 Å². The van der Waals surface area contributed by atoms with E-state index < -0.39 is 11.9 Å². The van der Waals surface area contributed by atoms with Crippen molar-refractivity contribution < 1.29 is 9.13 Å². The molecule has 0 amide bonds. The van der Waals surface area contributed by atoms with Gasteiger partial charge in [-0.2, -0.15) is 0 Å². The number of ether oxygens (including phenoxy) is 1. The van der Waals surface area contributed by atoms with Crippen molar-refractivity contribution in [3.05, 3.63) is 11.6 Å². The highest BCUT2D eigenvalue weighted by atomic mass is 19.1. The zero-order valence-electron chi connectivity index (χ0n) is 6.81. The Morgan fingerprint density at radius 3 is 2.64 bits per heavy atom. The predicted octanol–water partition coefficient (Wildman–Crippen LogP) is 1.29. The van der Waals surface area contributed by atoms with Crippen molar-refractivity contribution in [1.29, 1.82) is 5.26 Å². The molecule has 1 N–H and O–H groups in total.